The predicted molar refractivity (Wildman–Crippen MR) is 103 cm³/mol. The average Bonchev–Trinajstić information content (AvgIpc) is 2.72. The van der Waals surface area contributed by atoms with Crippen LogP contribution in [0.25, 0.3) is 0 Å². The lowest BCUT2D eigenvalue weighted by atomic mass is 9.86. The highest BCUT2D eigenvalue weighted by Gasteiger charge is 2.19. The molecule has 3 heteroatoms. The van der Waals surface area contributed by atoms with Crippen LogP contribution in [0.3, 0.4) is 0 Å². The number of benzene rings is 2. The van der Waals surface area contributed by atoms with Gasteiger partial charge in [-0.15, -0.1) is 0 Å². The van der Waals surface area contributed by atoms with Crippen molar-refractivity contribution in [3.8, 4) is 0 Å². The molecule has 2 aromatic carbocycles. The van der Waals surface area contributed by atoms with E-state index < -0.39 is 0 Å². The number of hydrogen-bond donors (Lipinski definition) is 1. The highest BCUT2D eigenvalue weighted by atomic mass is 16.3. The molecule has 2 atom stereocenters. The minimum absolute atomic E-state index is 0.0173. The first-order valence-corrected chi connectivity index (χ1v) is 8.96. The molecule has 0 spiro atoms. The molecule has 3 rings (SSSR count). The minimum atomic E-state index is -0.370. The van der Waals surface area contributed by atoms with Crippen LogP contribution in [0.5, 0.6) is 0 Å². The van der Waals surface area contributed by atoms with Gasteiger partial charge in [-0.2, -0.15) is 0 Å². The quantitative estimate of drug-likeness (QED) is 0.636. The Morgan fingerprint density at radius 1 is 0.923 bits per heavy atom. The van der Waals surface area contributed by atoms with Crippen molar-refractivity contribution < 1.29 is 9.90 Å². The number of ketones is 1. The molecular weight excluding hydrogens is 322 g/mol. The fourth-order valence-corrected chi connectivity index (χ4v) is 3.11. The van der Waals surface area contributed by atoms with E-state index in [1.165, 1.54) is 0 Å². The summed E-state index contributed by atoms with van der Waals surface area (Å²) in [6.45, 7) is 1.98. The van der Waals surface area contributed by atoms with E-state index in [1.54, 1.807) is 6.20 Å². The van der Waals surface area contributed by atoms with Gasteiger partial charge in [0.15, 0.2) is 5.78 Å². The molecule has 0 saturated carbocycles. The van der Waals surface area contributed by atoms with Gasteiger partial charge < -0.3 is 5.11 Å². The molecule has 3 aromatic rings. The lowest BCUT2D eigenvalue weighted by molar-refractivity contribution is 0.103. The maximum absolute atomic E-state index is 12.6. The number of hydrogen-bond acceptors (Lipinski definition) is 3. The van der Waals surface area contributed by atoms with Crippen molar-refractivity contribution in [2.45, 2.75) is 31.8 Å². The third-order valence-electron chi connectivity index (χ3n) is 4.68. The van der Waals surface area contributed by atoms with E-state index in [0.29, 0.717) is 24.0 Å². The van der Waals surface area contributed by atoms with Gasteiger partial charge in [0, 0.05) is 29.4 Å². The van der Waals surface area contributed by atoms with Crippen LogP contribution in [-0.4, -0.2) is 22.0 Å². The first-order chi connectivity index (χ1) is 12.7. The van der Waals surface area contributed by atoms with E-state index in [9.17, 15) is 9.90 Å². The molecule has 3 nitrogen and oxygen atoms in total. The molecule has 0 aliphatic carbocycles. The van der Waals surface area contributed by atoms with Gasteiger partial charge in [-0.25, -0.2) is 0 Å². The van der Waals surface area contributed by atoms with Crippen molar-refractivity contribution >= 4 is 5.78 Å². The first kappa shape index (κ1) is 18.0. The summed E-state index contributed by atoms with van der Waals surface area (Å²) in [7, 11) is 0. The van der Waals surface area contributed by atoms with E-state index >= 15 is 0 Å². The summed E-state index contributed by atoms with van der Waals surface area (Å²) in [6, 6.07) is 20.9. The van der Waals surface area contributed by atoms with Crippen LogP contribution in [0.1, 0.15) is 52.7 Å². The molecule has 26 heavy (non-hydrogen) atoms. The van der Waals surface area contributed by atoms with Gasteiger partial charge in [0.25, 0.3) is 0 Å². The average molecular weight is 345 g/mol. The summed E-state index contributed by atoms with van der Waals surface area (Å²) >= 11 is 0. The zero-order chi connectivity index (χ0) is 18.4. The molecule has 132 valence electrons. The highest BCUT2D eigenvalue weighted by Crippen LogP contribution is 2.30. The van der Waals surface area contributed by atoms with Gasteiger partial charge in [-0.05, 0) is 30.0 Å². The number of rotatable bonds is 7. The smallest absolute Gasteiger partial charge is 0.193 e. The molecule has 0 amide bonds. The summed E-state index contributed by atoms with van der Waals surface area (Å²) in [4.78, 5) is 16.8. The molecule has 0 aliphatic heterocycles. The van der Waals surface area contributed by atoms with Crippen LogP contribution in [-0.2, 0) is 0 Å². The maximum Gasteiger partial charge on any atom is 0.193 e. The van der Waals surface area contributed by atoms with Crippen molar-refractivity contribution in [3.05, 3.63) is 101 Å². The van der Waals surface area contributed by atoms with Crippen molar-refractivity contribution in [1.82, 2.24) is 4.98 Å². The fraction of sp³-hybridized carbons (Fsp3) is 0.217. The van der Waals surface area contributed by atoms with Crippen molar-refractivity contribution in [1.29, 1.82) is 0 Å². The molecule has 1 aromatic heterocycles. The van der Waals surface area contributed by atoms with Crippen LogP contribution in [0, 0.1) is 0 Å². The molecule has 0 aliphatic rings. The van der Waals surface area contributed by atoms with Crippen molar-refractivity contribution in [2.24, 2.45) is 0 Å². The topological polar surface area (TPSA) is 50.2 Å². The first-order valence-electron chi connectivity index (χ1n) is 8.96. The highest BCUT2D eigenvalue weighted by molar-refractivity contribution is 6.08. The van der Waals surface area contributed by atoms with Crippen LogP contribution < -0.4 is 0 Å². The number of carbonyl (C=O) groups is 1. The Bertz CT molecular complexity index is 829. The second-order valence-corrected chi connectivity index (χ2v) is 6.45. The molecule has 1 heterocycles. The third-order valence-corrected chi connectivity index (χ3v) is 4.68. The Balaban J connectivity index is 1.87. The number of carbonyl (C=O) groups excluding carboxylic acids is 1. The molecule has 0 bridgehead atoms. The zero-order valence-corrected chi connectivity index (χ0v) is 14.9. The third kappa shape index (κ3) is 4.24. The SMILES string of the molecule is CCC(O)CC(c1ccc(C(=O)c2ccccc2)cc1)c1cccnc1. The maximum atomic E-state index is 12.6. The number of pyridine rings is 1. The largest absolute Gasteiger partial charge is 0.393 e. The van der Waals surface area contributed by atoms with Crippen LogP contribution >= 0.6 is 0 Å². The van der Waals surface area contributed by atoms with Crippen molar-refractivity contribution in [3.63, 3.8) is 0 Å². The molecule has 0 radical (unpaired) electrons. The Hall–Kier alpha value is -2.78. The molecule has 0 fully saturated rings. The van der Waals surface area contributed by atoms with E-state index in [0.717, 1.165) is 11.1 Å². The molecular formula is C23H23NO2. The van der Waals surface area contributed by atoms with E-state index in [1.807, 2.05) is 79.9 Å². The number of aliphatic hydroxyl groups is 1. The number of nitrogens with zero attached hydrogens (tertiary/aromatic N) is 1. The predicted octanol–water partition coefficient (Wildman–Crippen LogP) is 4.61. The van der Waals surface area contributed by atoms with E-state index in [-0.39, 0.29) is 17.8 Å². The fourth-order valence-electron chi connectivity index (χ4n) is 3.11. The molecule has 0 saturated heterocycles. The van der Waals surface area contributed by atoms with E-state index in [4.69, 9.17) is 0 Å². The second kappa shape index (κ2) is 8.54. The van der Waals surface area contributed by atoms with Gasteiger partial charge in [-0.3, -0.25) is 9.78 Å². The van der Waals surface area contributed by atoms with E-state index in [2.05, 4.69) is 4.98 Å². The molecule has 2 unspecified atom stereocenters. The van der Waals surface area contributed by atoms with Crippen LogP contribution in [0.4, 0.5) is 0 Å². The van der Waals surface area contributed by atoms with Gasteiger partial charge in [0.2, 0.25) is 0 Å². The number of aromatic nitrogens is 1. The summed E-state index contributed by atoms with van der Waals surface area (Å²) in [5.74, 6) is 0.0724. The Morgan fingerprint density at radius 3 is 2.23 bits per heavy atom. The van der Waals surface area contributed by atoms with Gasteiger partial charge in [0.1, 0.15) is 0 Å². The monoisotopic (exact) mass is 345 g/mol. The van der Waals surface area contributed by atoms with Crippen molar-refractivity contribution in [2.75, 3.05) is 0 Å². The van der Waals surface area contributed by atoms with Gasteiger partial charge in [-0.1, -0.05) is 67.6 Å². The van der Waals surface area contributed by atoms with Crippen LogP contribution in [0.15, 0.2) is 79.1 Å². The Labute approximate surface area is 154 Å². The minimum Gasteiger partial charge on any atom is -0.393 e. The lowest BCUT2D eigenvalue weighted by Crippen LogP contribution is -2.13. The summed E-state index contributed by atoms with van der Waals surface area (Å²) < 4.78 is 0. The standard InChI is InChI=1S/C23H23NO2/c1-2-21(25)15-22(20-9-6-14-24-16-20)17-10-12-19(13-11-17)23(26)18-7-4-3-5-8-18/h3-14,16,21-22,25H,2,15H2,1H3. The molecule has 1 N–H and O–H groups in total. The van der Waals surface area contributed by atoms with Crippen LogP contribution in [0.2, 0.25) is 0 Å². The van der Waals surface area contributed by atoms with Gasteiger partial charge in [0.05, 0.1) is 6.10 Å². The van der Waals surface area contributed by atoms with Gasteiger partial charge >= 0.3 is 0 Å². The summed E-state index contributed by atoms with van der Waals surface area (Å²) in [6.07, 6.45) is 4.56. The Morgan fingerprint density at radius 2 is 1.62 bits per heavy atom. The lowest BCUT2D eigenvalue weighted by Gasteiger charge is -2.20. The Kier molecular flexibility index (Phi) is 5.92. The summed E-state index contributed by atoms with van der Waals surface area (Å²) in [5, 5.41) is 10.2. The number of aliphatic hydroxyl groups excluding tert-OH is 1. The normalized spacial score (nSPS) is 13.2. The second-order valence-electron chi connectivity index (χ2n) is 6.45. The zero-order valence-electron chi connectivity index (χ0n) is 14.9. The summed E-state index contributed by atoms with van der Waals surface area (Å²) in [5.41, 5.74) is 3.50.